The predicted molar refractivity (Wildman–Crippen MR) is 84.5 cm³/mol. The maximum Gasteiger partial charge on any atom is 0.387 e. The number of rotatable bonds is 4. The van der Waals surface area contributed by atoms with Gasteiger partial charge in [-0.15, -0.1) is 0 Å². The lowest BCUT2D eigenvalue weighted by atomic mass is 10.2. The first-order valence-electron chi connectivity index (χ1n) is 7.52. The van der Waals surface area contributed by atoms with Gasteiger partial charge in [0.1, 0.15) is 5.75 Å². The second kappa shape index (κ2) is 8.28. The number of para-hydroxylation sites is 1. The normalized spacial score (nSPS) is 15.6. The third-order valence-electron chi connectivity index (χ3n) is 3.66. The van der Waals surface area contributed by atoms with Crippen molar-refractivity contribution in [3.05, 3.63) is 35.9 Å². The molecule has 3 amide bonds. The van der Waals surface area contributed by atoms with E-state index in [1.165, 1.54) is 23.1 Å². The average molecular weight is 339 g/mol. The quantitative estimate of drug-likeness (QED) is 0.852. The van der Waals surface area contributed by atoms with E-state index in [1.807, 2.05) is 0 Å². The molecule has 0 aromatic heterocycles. The number of carbonyl (C=O) groups is 2. The van der Waals surface area contributed by atoms with Gasteiger partial charge in [0.2, 0.25) is 5.91 Å². The summed E-state index contributed by atoms with van der Waals surface area (Å²) in [6, 6.07) is 5.73. The van der Waals surface area contributed by atoms with Crippen LogP contribution in [0.5, 0.6) is 5.75 Å². The molecular weight excluding hydrogens is 320 g/mol. The van der Waals surface area contributed by atoms with Crippen molar-refractivity contribution >= 4 is 18.0 Å². The van der Waals surface area contributed by atoms with Crippen LogP contribution in [0.15, 0.2) is 30.3 Å². The molecule has 8 heteroatoms. The van der Waals surface area contributed by atoms with Crippen molar-refractivity contribution in [1.29, 1.82) is 0 Å². The molecule has 130 valence electrons. The number of nitrogens with zero attached hydrogens (tertiary/aromatic N) is 2. The Morgan fingerprint density at radius 1 is 1.12 bits per heavy atom. The highest BCUT2D eigenvalue weighted by Gasteiger charge is 2.19. The number of alkyl halides is 2. The Kier molecular flexibility index (Phi) is 6.11. The van der Waals surface area contributed by atoms with E-state index < -0.39 is 12.6 Å². The molecule has 1 aliphatic heterocycles. The molecule has 0 unspecified atom stereocenters. The summed E-state index contributed by atoms with van der Waals surface area (Å²) in [5.41, 5.74) is 5.63. The Balaban J connectivity index is 2.01. The second-order valence-corrected chi connectivity index (χ2v) is 5.25. The van der Waals surface area contributed by atoms with Gasteiger partial charge in [0, 0.05) is 37.8 Å². The van der Waals surface area contributed by atoms with Crippen molar-refractivity contribution in [3.63, 3.8) is 0 Å². The highest BCUT2D eigenvalue weighted by atomic mass is 19.3. The van der Waals surface area contributed by atoms with E-state index in [1.54, 1.807) is 23.1 Å². The van der Waals surface area contributed by atoms with Crippen LogP contribution < -0.4 is 10.5 Å². The minimum Gasteiger partial charge on any atom is -0.434 e. The number of hydrogen-bond acceptors (Lipinski definition) is 3. The summed E-state index contributed by atoms with van der Waals surface area (Å²) in [4.78, 5) is 26.5. The Morgan fingerprint density at radius 3 is 2.50 bits per heavy atom. The smallest absolute Gasteiger partial charge is 0.387 e. The lowest BCUT2D eigenvalue weighted by molar-refractivity contribution is -0.125. The molecule has 1 fully saturated rings. The summed E-state index contributed by atoms with van der Waals surface area (Å²) in [5, 5.41) is 0. The predicted octanol–water partition coefficient (Wildman–Crippen LogP) is 1.91. The van der Waals surface area contributed by atoms with E-state index in [0.29, 0.717) is 38.2 Å². The van der Waals surface area contributed by atoms with Gasteiger partial charge in [-0.05, 0) is 18.6 Å². The van der Waals surface area contributed by atoms with Crippen LogP contribution in [0.1, 0.15) is 12.0 Å². The molecule has 0 saturated carbocycles. The number of urea groups is 1. The molecule has 1 saturated heterocycles. The molecule has 2 rings (SSSR count). The first kappa shape index (κ1) is 17.7. The van der Waals surface area contributed by atoms with Crippen molar-refractivity contribution in [2.24, 2.45) is 5.73 Å². The first-order valence-corrected chi connectivity index (χ1v) is 7.52. The lowest BCUT2D eigenvalue weighted by Gasteiger charge is -2.19. The number of amides is 3. The zero-order valence-corrected chi connectivity index (χ0v) is 13.0. The van der Waals surface area contributed by atoms with E-state index in [2.05, 4.69) is 4.74 Å². The van der Waals surface area contributed by atoms with Gasteiger partial charge in [0.05, 0.1) is 0 Å². The molecule has 6 nitrogen and oxygen atoms in total. The summed E-state index contributed by atoms with van der Waals surface area (Å²) in [6.45, 7) is -1.17. The van der Waals surface area contributed by atoms with Gasteiger partial charge in [-0.2, -0.15) is 8.78 Å². The number of nitrogens with two attached hydrogens (primary N) is 1. The van der Waals surface area contributed by atoms with E-state index in [0.717, 1.165) is 0 Å². The third kappa shape index (κ3) is 4.94. The Morgan fingerprint density at radius 2 is 1.79 bits per heavy atom. The Bertz CT molecular complexity index is 622. The van der Waals surface area contributed by atoms with Crippen molar-refractivity contribution in [1.82, 2.24) is 9.80 Å². The van der Waals surface area contributed by atoms with Crippen LogP contribution in [-0.4, -0.2) is 54.5 Å². The second-order valence-electron chi connectivity index (χ2n) is 5.25. The molecule has 1 aromatic rings. The van der Waals surface area contributed by atoms with Gasteiger partial charge < -0.3 is 20.3 Å². The van der Waals surface area contributed by atoms with Gasteiger partial charge in [0.25, 0.3) is 0 Å². The zero-order valence-electron chi connectivity index (χ0n) is 13.0. The number of halogens is 2. The van der Waals surface area contributed by atoms with Gasteiger partial charge in [-0.3, -0.25) is 4.79 Å². The lowest BCUT2D eigenvalue weighted by Crippen LogP contribution is -2.39. The third-order valence-corrected chi connectivity index (χ3v) is 3.66. The van der Waals surface area contributed by atoms with E-state index in [9.17, 15) is 18.4 Å². The number of hydrogen-bond donors (Lipinski definition) is 1. The van der Waals surface area contributed by atoms with Gasteiger partial charge >= 0.3 is 12.6 Å². The monoisotopic (exact) mass is 339 g/mol. The summed E-state index contributed by atoms with van der Waals surface area (Å²) in [7, 11) is 0. The summed E-state index contributed by atoms with van der Waals surface area (Å²) < 4.78 is 29.2. The zero-order chi connectivity index (χ0) is 17.5. The van der Waals surface area contributed by atoms with Crippen LogP contribution in [0.25, 0.3) is 6.08 Å². The minimum atomic E-state index is -2.93. The van der Waals surface area contributed by atoms with Crippen molar-refractivity contribution in [2.45, 2.75) is 13.0 Å². The molecule has 1 aliphatic rings. The molecular formula is C16H19F2N3O3. The maximum absolute atomic E-state index is 12.4. The largest absolute Gasteiger partial charge is 0.434 e. The standard InChI is InChI=1S/C16H19F2N3O3/c17-15(18)24-13-5-2-1-4-12(13)6-7-14(22)20-8-3-9-21(11-10-20)16(19)23/h1-2,4-7,15H,3,8-11H2,(H2,19,23)/b7-6+. The number of benzene rings is 1. The number of primary amides is 1. The molecule has 0 aliphatic carbocycles. The molecule has 0 atom stereocenters. The Hall–Kier alpha value is -2.64. The molecule has 0 bridgehead atoms. The van der Waals surface area contributed by atoms with Crippen LogP contribution in [0.4, 0.5) is 13.6 Å². The summed E-state index contributed by atoms with van der Waals surface area (Å²) in [6.07, 6.45) is 3.39. The highest BCUT2D eigenvalue weighted by Crippen LogP contribution is 2.21. The van der Waals surface area contributed by atoms with Gasteiger partial charge in [0.15, 0.2) is 0 Å². The summed E-state index contributed by atoms with van der Waals surface area (Å²) >= 11 is 0. The minimum absolute atomic E-state index is 0.00678. The fraction of sp³-hybridized carbons (Fsp3) is 0.375. The van der Waals surface area contributed by atoms with Crippen LogP contribution >= 0.6 is 0 Å². The fourth-order valence-corrected chi connectivity index (χ4v) is 2.45. The molecule has 0 radical (unpaired) electrons. The molecule has 24 heavy (non-hydrogen) atoms. The fourth-order valence-electron chi connectivity index (χ4n) is 2.45. The average Bonchev–Trinajstić information content (AvgIpc) is 2.79. The first-order chi connectivity index (χ1) is 11.5. The number of carbonyl (C=O) groups excluding carboxylic acids is 2. The van der Waals surface area contributed by atoms with Crippen molar-refractivity contribution in [3.8, 4) is 5.75 Å². The van der Waals surface area contributed by atoms with E-state index in [-0.39, 0.29) is 11.7 Å². The molecule has 2 N–H and O–H groups in total. The van der Waals surface area contributed by atoms with Crippen molar-refractivity contribution < 1.29 is 23.1 Å². The van der Waals surface area contributed by atoms with Crippen molar-refractivity contribution in [2.75, 3.05) is 26.2 Å². The highest BCUT2D eigenvalue weighted by molar-refractivity contribution is 5.92. The van der Waals surface area contributed by atoms with Crippen LogP contribution in [0.2, 0.25) is 0 Å². The maximum atomic E-state index is 12.4. The van der Waals surface area contributed by atoms with Gasteiger partial charge in [-0.25, -0.2) is 4.79 Å². The van der Waals surface area contributed by atoms with Gasteiger partial charge in [-0.1, -0.05) is 18.2 Å². The SMILES string of the molecule is NC(=O)N1CCCN(C(=O)/C=C/c2ccccc2OC(F)F)CC1. The van der Waals surface area contributed by atoms with Crippen LogP contribution in [0.3, 0.4) is 0 Å². The summed E-state index contributed by atoms with van der Waals surface area (Å²) in [5.74, 6) is -0.250. The molecule has 1 aromatic carbocycles. The molecule has 1 heterocycles. The number of ether oxygens (including phenoxy) is 1. The van der Waals surface area contributed by atoms with E-state index in [4.69, 9.17) is 5.73 Å². The topological polar surface area (TPSA) is 75.9 Å². The van der Waals surface area contributed by atoms with Crippen LogP contribution in [-0.2, 0) is 4.79 Å². The van der Waals surface area contributed by atoms with E-state index >= 15 is 0 Å². The molecule has 0 spiro atoms. The Labute approximate surface area is 138 Å². The van der Waals surface area contributed by atoms with Crippen LogP contribution in [0, 0.1) is 0 Å².